The Morgan fingerprint density at radius 3 is 2.88 bits per heavy atom. The van der Waals surface area contributed by atoms with E-state index in [0.717, 1.165) is 19.3 Å². The zero-order valence-corrected chi connectivity index (χ0v) is 10.7. The minimum Gasteiger partial charge on any atom is -0.457 e. The van der Waals surface area contributed by atoms with Gasteiger partial charge in [0.25, 0.3) is 0 Å². The van der Waals surface area contributed by atoms with Gasteiger partial charge in [-0.25, -0.2) is 4.79 Å². The van der Waals surface area contributed by atoms with Gasteiger partial charge in [-0.15, -0.1) is 0 Å². The molecule has 3 heteroatoms. The number of rotatable bonds is 2. The van der Waals surface area contributed by atoms with Gasteiger partial charge in [0.05, 0.1) is 6.26 Å². The Bertz CT molecular complexity index is 378. The number of hydrogen-bond acceptors (Lipinski definition) is 3. The highest BCUT2D eigenvalue weighted by molar-refractivity contribution is 5.86. The van der Waals surface area contributed by atoms with Crippen molar-refractivity contribution in [1.29, 1.82) is 0 Å². The third kappa shape index (κ3) is 2.71. The molecular weight excluding hydrogens is 216 g/mol. The van der Waals surface area contributed by atoms with E-state index in [9.17, 15) is 4.79 Å². The largest absolute Gasteiger partial charge is 0.457 e. The van der Waals surface area contributed by atoms with E-state index in [1.54, 1.807) is 12.1 Å². The molecule has 0 saturated heterocycles. The van der Waals surface area contributed by atoms with Crippen LogP contribution in [0.5, 0.6) is 0 Å². The second-order valence-corrected chi connectivity index (χ2v) is 5.67. The number of hydrogen-bond donors (Lipinski definition) is 0. The summed E-state index contributed by atoms with van der Waals surface area (Å²) in [6.07, 6.45) is 4.52. The fourth-order valence-electron chi connectivity index (χ4n) is 2.32. The summed E-state index contributed by atoms with van der Waals surface area (Å²) in [5.74, 6) is 0.528. The summed E-state index contributed by atoms with van der Waals surface area (Å²) in [6.45, 7) is 6.79. The highest BCUT2D eigenvalue weighted by Gasteiger charge is 2.35. The first-order valence-corrected chi connectivity index (χ1v) is 6.23. The second-order valence-electron chi connectivity index (χ2n) is 5.67. The van der Waals surface area contributed by atoms with E-state index in [-0.39, 0.29) is 12.1 Å². The van der Waals surface area contributed by atoms with Crippen LogP contribution in [0.25, 0.3) is 0 Å². The first-order valence-electron chi connectivity index (χ1n) is 6.23. The van der Waals surface area contributed by atoms with Crippen LogP contribution in [0.3, 0.4) is 0 Å². The average Bonchev–Trinajstić information content (AvgIpc) is 2.77. The Hall–Kier alpha value is -1.25. The van der Waals surface area contributed by atoms with E-state index in [1.165, 1.54) is 6.26 Å². The summed E-state index contributed by atoms with van der Waals surface area (Å²) in [5.41, 5.74) is 0.355. The van der Waals surface area contributed by atoms with Crippen molar-refractivity contribution in [3.63, 3.8) is 0 Å². The molecule has 2 rings (SSSR count). The lowest BCUT2D eigenvalue weighted by atomic mass is 9.69. The Labute approximate surface area is 102 Å². The minimum absolute atomic E-state index is 0.0376. The molecule has 3 nitrogen and oxygen atoms in total. The molecule has 2 atom stereocenters. The van der Waals surface area contributed by atoms with E-state index >= 15 is 0 Å². The monoisotopic (exact) mass is 236 g/mol. The van der Waals surface area contributed by atoms with Crippen LogP contribution in [0.15, 0.2) is 22.8 Å². The van der Waals surface area contributed by atoms with E-state index in [1.807, 2.05) is 0 Å². The quantitative estimate of drug-likeness (QED) is 0.736. The van der Waals surface area contributed by atoms with Gasteiger partial charge in [-0.2, -0.15) is 0 Å². The maximum absolute atomic E-state index is 11.7. The van der Waals surface area contributed by atoms with Crippen LogP contribution in [0, 0.1) is 11.3 Å². The lowest BCUT2D eigenvalue weighted by molar-refractivity contribution is -0.00903. The van der Waals surface area contributed by atoms with Gasteiger partial charge in [0.15, 0.2) is 0 Å². The second kappa shape index (κ2) is 4.55. The van der Waals surface area contributed by atoms with Gasteiger partial charge in [0, 0.05) is 0 Å². The third-order valence-corrected chi connectivity index (χ3v) is 4.06. The van der Waals surface area contributed by atoms with E-state index in [4.69, 9.17) is 9.15 Å². The maximum atomic E-state index is 11.7. The minimum atomic E-state index is -0.341. The van der Waals surface area contributed by atoms with Crippen LogP contribution in [0.1, 0.15) is 50.6 Å². The molecule has 1 aromatic heterocycles. The van der Waals surface area contributed by atoms with E-state index < -0.39 is 0 Å². The molecule has 0 bridgehead atoms. The van der Waals surface area contributed by atoms with Crippen molar-refractivity contribution in [2.24, 2.45) is 11.3 Å². The van der Waals surface area contributed by atoms with Crippen molar-refractivity contribution in [3.05, 3.63) is 24.2 Å². The molecule has 0 spiro atoms. The molecule has 1 aliphatic rings. The van der Waals surface area contributed by atoms with Gasteiger partial charge in [-0.3, -0.25) is 0 Å². The molecule has 1 aliphatic carbocycles. The van der Waals surface area contributed by atoms with Gasteiger partial charge in [-0.05, 0) is 42.7 Å². The summed E-state index contributed by atoms with van der Waals surface area (Å²) in [6, 6.07) is 3.34. The first kappa shape index (κ1) is 12.2. The maximum Gasteiger partial charge on any atom is 0.374 e. The fraction of sp³-hybridized carbons (Fsp3) is 0.643. The number of furan rings is 1. The van der Waals surface area contributed by atoms with E-state index in [2.05, 4.69) is 20.8 Å². The zero-order valence-electron chi connectivity index (χ0n) is 10.7. The summed E-state index contributed by atoms with van der Waals surface area (Å²) >= 11 is 0. The number of ether oxygens (including phenoxy) is 1. The molecule has 94 valence electrons. The van der Waals surface area contributed by atoms with Crippen molar-refractivity contribution in [2.75, 3.05) is 0 Å². The van der Waals surface area contributed by atoms with Crippen LogP contribution in [0.2, 0.25) is 0 Å². The topological polar surface area (TPSA) is 39.4 Å². The lowest BCUT2D eigenvalue weighted by Gasteiger charge is -2.39. The smallest absolute Gasteiger partial charge is 0.374 e. The first-order chi connectivity index (χ1) is 7.99. The van der Waals surface area contributed by atoms with Gasteiger partial charge < -0.3 is 9.15 Å². The zero-order chi connectivity index (χ0) is 12.5. The lowest BCUT2D eigenvalue weighted by Crippen LogP contribution is -2.34. The summed E-state index contributed by atoms with van der Waals surface area (Å²) in [7, 11) is 0. The highest BCUT2D eigenvalue weighted by atomic mass is 16.6. The Kier molecular flexibility index (Phi) is 3.27. The van der Waals surface area contributed by atoms with Crippen LogP contribution in [-0.2, 0) is 4.74 Å². The molecule has 1 unspecified atom stereocenters. The molecule has 1 heterocycles. The summed E-state index contributed by atoms with van der Waals surface area (Å²) in [5, 5.41) is 0. The van der Waals surface area contributed by atoms with Crippen LogP contribution < -0.4 is 0 Å². The Morgan fingerprint density at radius 2 is 2.29 bits per heavy atom. The predicted octanol–water partition coefficient (Wildman–Crippen LogP) is 3.65. The molecule has 1 aromatic rings. The average molecular weight is 236 g/mol. The van der Waals surface area contributed by atoms with Gasteiger partial charge >= 0.3 is 5.97 Å². The van der Waals surface area contributed by atoms with Gasteiger partial charge in [0.2, 0.25) is 5.76 Å². The highest BCUT2D eigenvalue weighted by Crippen LogP contribution is 2.41. The number of esters is 1. The summed E-state index contributed by atoms with van der Waals surface area (Å²) in [4.78, 5) is 11.7. The molecule has 1 fully saturated rings. The summed E-state index contributed by atoms with van der Waals surface area (Å²) < 4.78 is 10.5. The fourth-order valence-corrected chi connectivity index (χ4v) is 2.32. The number of carbonyl (C=O) groups is 1. The molecule has 17 heavy (non-hydrogen) atoms. The SMILES string of the molecule is C[C@H]1CC(OC(=O)c2ccco2)CCC1(C)C. The molecule has 0 radical (unpaired) electrons. The van der Waals surface area contributed by atoms with Crippen molar-refractivity contribution >= 4 is 5.97 Å². The van der Waals surface area contributed by atoms with Crippen LogP contribution >= 0.6 is 0 Å². The van der Waals surface area contributed by atoms with Crippen molar-refractivity contribution in [3.8, 4) is 0 Å². The van der Waals surface area contributed by atoms with Crippen LogP contribution in [0.4, 0.5) is 0 Å². The molecule has 0 aliphatic heterocycles. The van der Waals surface area contributed by atoms with Crippen molar-refractivity contribution in [2.45, 2.75) is 46.1 Å². The number of carbonyl (C=O) groups excluding carboxylic acids is 1. The molecule has 0 N–H and O–H groups in total. The Morgan fingerprint density at radius 1 is 1.53 bits per heavy atom. The third-order valence-electron chi connectivity index (χ3n) is 4.06. The van der Waals surface area contributed by atoms with Crippen molar-refractivity contribution in [1.82, 2.24) is 0 Å². The van der Waals surface area contributed by atoms with Gasteiger partial charge in [-0.1, -0.05) is 20.8 Å². The Balaban J connectivity index is 1.91. The van der Waals surface area contributed by atoms with E-state index in [0.29, 0.717) is 17.1 Å². The van der Waals surface area contributed by atoms with Crippen LogP contribution in [-0.4, -0.2) is 12.1 Å². The standard InChI is InChI=1S/C14H20O3/c1-10-9-11(6-7-14(10,2)3)17-13(15)12-5-4-8-16-12/h4-5,8,10-11H,6-7,9H2,1-3H3/t10-,11?/m0/s1. The predicted molar refractivity (Wildman–Crippen MR) is 64.7 cm³/mol. The van der Waals surface area contributed by atoms with Crippen molar-refractivity contribution < 1.29 is 13.9 Å². The molecular formula is C14H20O3. The molecule has 1 saturated carbocycles. The molecule has 0 amide bonds. The molecule has 0 aromatic carbocycles. The van der Waals surface area contributed by atoms with Gasteiger partial charge in [0.1, 0.15) is 6.10 Å². The normalized spacial score (nSPS) is 27.7.